The smallest absolute Gasteiger partial charge is 0.415 e. The molecule has 2 aromatic heterocycles. The molecule has 5 rings (SSSR count). The molecule has 258 valence electrons. The number of aryl methyl sites for hydroxylation is 1. The number of carbonyl (C=O) groups is 3. The first-order valence-corrected chi connectivity index (χ1v) is 15.7. The Labute approximate surface area is 282 Å². The van der Waals surface area contributed by atoms with Crippen molar-refractivity contribution in [3.05, 3.63) is 35.3 Å². The van der Waals surface area contributed by atoms with Crippen molar-refractivity contribution in [2.24, 2.45) is 0 Å². The molecule has 1 aliphatic rings. The minimum atomic E-state index is -0.696. The van der Waals surface area contributed by atoms with Crippen LogP contribution in [-0.4, -0.2) is 104 Å². The highest BCUT2D eigenvalue weighted by atomic mass is 35.5. The fourth-order valence-electron chi connectivity index (χ4n) is 5.59. The Morgan fingerprint density at radius 3 is 2.27 bits per heavy atom. The van der Waals surface area contributed by atoms with Crippen LogP contribution < -0.4 is 23.8 Å². The highest BCUT2D eigenvalue weighted by Gasteiger charge is 2.38. The third kappa shape index (κ3) is 6.48. The van der Waals surface area contributed by atoms with Gasteiger partial charge in [0.2, 0.25) is 5.75 Å². The van der Waals surface area contributed by atoms with Crippen molar-refractivity contribution in [3.8, 4) is 23.0 Å². The lowest BCUT2D eigenvalue weighted by Gasteiger charge is -2.26. The molecule has 14 nitrogen and oxygen atoms in total. The number of halogens is 1. The van der Waals surface area contributed by atoms with E-state index in [1.165, 1.54) is 31.1 Å². The number of amides is 3. The summed E-state index contributed by atoms with van der Waals surface area (Å²) in [7, 11) is 7.67. The highest BCUT2D eigenvalue weighted by molar-refractivity contribution is 6.19. The lowest BCUT2D eigenvalue weighted by Crippen LogP contribution is -2.40. The number of methoxy groups -OCH3 is 3. The number of hydrogen-bond donors (Lipinski definition) is 1. The first-order valence-electron chi connectivity index (χ1n) is 15.2. The quantitative estimate of drug-likeness (QED) is 0.210. The van der Waals surface area contributed by atoms with Crippen LogP contribution in [0.1, 0.15) is 48.6 Å². The molecule has 2 aromatic carbocycles. The third-order valence-electron chi connectivity index (χ3n) is 7.93. The molecule has 0 saturated heterocycles. The number of aromatic nitrogens is 2. The van der Waals surface area contributed by atoms with Gasteiger partial charge < -0.3 is 47.8 Å². The van der Waals surface area contributed by atoms with E-state index in [2.05, 4.69) is 9.97 Å². The molecule has 15 heteroatoms. The summed E-state index contributed by atoms with van der Waals surface area (Å²) in [5, 5.41) is 0.679. The molecule has 48 heavy (non-hydrogen) atoms. The summed E-state index contributed by atoms with van der Waals surface area (Å²) in [6.07, 6.45) is -1.20. The van der Waals surface area contributed by atoms with Crippen molar-refractivity contribution < 1.29 is 42.5 Å². The van der Waals surface area contributed by atoms with Gasteiger partial charge in [-0.1, -0.05) is 0 Å². The van der Waals surface area contributed by atoms with Gasteiger partial charge in [-0.15, -0.1) is 11.6 Å². The summed E-state index contributed by atoms with van der Waals surface area (Å²) < 4.78 is 33.7. The van der Waals surface area contributed by atoms with Crippen molar-refractivity contribution in [2.45, 2.75) is 39.2 Å². The number of nitrogens with one attached hydrogen (secondary N) is 1. The summed E-state index contributed by atoms with van der Waals surface area (Å²) in [4.78, 5) is 51.8. The van der Waals surface area contributed by atoms with Crippen LogP contribution >= 0.6 is 11.6 Å². The molecule has 0 radical (unpaired) electrons. The summed E-state index contributed by atoms with van der Waals surface area (Å²) >= 11 is 6.44. The minimum Gasteiger partial charge on any atom is -0.493 e. The number of rotatable bonds is 9. The van der Waals surface area contributed by atoms with Gasteiger partial charge in [0, 0.05) is 69.5 Å². The van der Waals surface area contributed by atoms with E-state index in [0.29, 0.717) is 45.2 Å². The number of ether oxygens (including phenoxy) is 5. The van der Waals surface area contributed by atoms with Crippen LogP contribution in [0.2, 0.25) is 0 Å². The largest absolute Gasteiger partial charge is 0.493 e. The zero-order valence-electron chi connectivity index (χ0n) is 28.5. The van der Waals surface area contributed by atoms with Crippen LogP contribution in [0.4, 0.5) is 15.3 Å². The number of anilines is 1. The van der Waals surface area contributed by atoms with Gasteiger partial charge in [-0.05, 0) is 32.9 Å². The van der Waals surface area contributed by atoms with E-state index in [-0.39, 0.29) is 54.4 Å². The van der Waals surface area contributed by atoms with E-state index in [0.717, 1.165) is 5.56 Å². The molecule has 4 aromatic rings. The molecule has 0 aliphatic carbocycles. The van der Waals surface area contributed by atoms with Gasteiger partial charge in [0.25, 0.3) is 5.91 Å². The number of likely N-dealkylation sites (N-methyl/N-ethyl adjacent to an activating group) is 2. The Morgan fingerprint density at radius 2 is 1.67 bits per heavy atom. The van der Waals surface area contributed by atoms with Crippen LogP contribution in [0.25, 0.3) is 22.0 Å². The van der Waals surface area contributed by atoms with E-state index in [1.54, 1.807) is 64.9 Å². The second kappa shape index (κ2) is 13.3. The van der Waals surface area contributed by atoms with Gasteiger partial charge in [-0.25, -0.2) is 14.6 Å². The van der Waals surface area contributed by atoms with Crippen LogP contribution in [0, 0.1) is 6.92 Å². The fraction of sp³-hybridized carbons (Fsp3) is 0.455. The predicted octanol–water partition coefficient (Wildman–Crippen LogP) is 5.92. The number of hydrogen-bond acceptors (Lipinski definition) is 10. The van der Waals surface area contributed by atoms with E-state index in [1.807, 2.05) is 0 Å². The summed E-state index contributed by atoms with van der Waals surface area (Å²) in [5.74, 6) is 1.26. The second-order valence-corrected chi connectivity index (χ2v) is 12.8. The molecule has 1 aliphatic heterocycles. The predicted molar refractivity (Wildman–Crippen MR) is 179 cm³/mol. The van der Waals surface area contributed by atoms with Gasteiger partial charge in [0.1, 0.15) is 16.8 Å². The number of oxazole rings is 1. The fourth-order valence-corrected chi connectivity index (χ4v) is 5.85. The third-order valence-corrected chi connectivity index (χ3v) is 8.30. The lowest BCUT2D eigenvalue weighted by molar-refractivity contribution is 0.0287. The molecular formula is C33H40ClN5O9. The molecule has 1 N–H and O–H groups in total. The Bertz CT molecular complexity index is 1880. The van der Waals surface area contributed by atoms with E-state index in [9.17, 15) is 14.4 Å². The number of nitrogens with zero attached hydrogens (tertiary/aromatic N) is 4. The zero-order chi connectivity index (χ0) is 35.1. The van der Waals surface area contributed by atoms with Crippen molar-refractivity contribution in [2.75, 3.05) is 65.8 Å². The standard InChI is InChI=1S/C33H40ClN5O9/c1-17-35-26-24-19(15-34)16-39(30(40)20-12-18-13-22(43-7)28(44-8)29(45-9)25(18)36-20)21(24)14-23(27(26)46-17)47-31(41)37(5)10-11-38(6)32(42)48-33(2,3)4/h12-14,19,36H,10-11,15-16H2,1-9H3. The summed E-state index contributed by atoms with van der Waals surface area (Å²) in [5.41, 5.74) is 2.11. The van der Waals surface area contributed by atoms with Crippen LogP contribution in [0.5, 0.6) is 23.0 Å². The van der Waals surface area contributed by atoms with Gasteiger partial charge >= 0.3 is 12.2 Å². The maximum atomic E-state index is 14.2. The molecule has 0 spiro atoms. The molecule has 1 atom stereocenters. The number of benzene rings is 2. The SMILES string of the molecule is COc1cc2cc(C(=O)N3CC(CCl)c4c3cc(OC(=O)N(C)CCN(C)C(=O)OC(C)(C)C)c3oc(C)nc43)[nH]c2c(OC)c1OC. The first-order chi connectivity index (χ1) is 22.7. The molecule has 0 saturated carbocycles. The van der Waals surface area contributed by atoms with Gasteiger partial charge in [-0.2, -0.15) is 0 Å². The molecule has 3 amide bonds. The molecule has 0 fully saturated rings. The van der Waals surface area contributed by atoms with Crippen molar-refractivity contribution in [1.82, 2.24) is 19.8 Å². The Hall–Kier alpha value is -4.85. The number of alkyl halides is 1. The molecular weight excluding hydrogens is 646 g/mol. The van der Waals surface area contributed by atoms with Crippen LogP contribution in [-0.2, 0) is 4.74 Å². The number of H-pyrrole nitrogens is 1. The average Bonchev–Trinajstić information content (AvgIpc) is 3.75. The highest BCUT2D eigenvalue weighted by Crippen LogP contribution is 2.47. The van der Waals surface area contributed by atoms with Crippen LogP contribution in [0.3, 0.4) is 0 Å². The summed E-state index contributed by atoms with van der Waals surface area (Å²) in [6.45, 7) is 7.64. The lowest BCUT2D eigenvalue weighted by atomic mass is 10.0. The first kappa shape index (κ1) is 34.5. The monoisotopic (exact) mass is 685 g/mol. The van der Waals surface area contributed by atoms with Crippen molar-refractivity contribution in [3.63, 3.8) is 0 Å². The molecule has 1 unspecified atom stereocenters. The average molecular weight is 686 g/mol. The van der Waals surface area contributed by atoms with E-state index >= 15 is 0 Å². The number of fused-ring (bicyclic) bond motifs is 4. The topological polar surface area (TPSA) is 149 Å². The van der Waals surface area contributed by atoms with Crippen molar-refractivity contribution >= 4 is 57.4 Å². The number of carbonyl (C=O) groups excluding carboxylic acids is 3. The second-order valence-electron chi connectivity index (χ2n) is 12.5. The van der Waals surface area contributed by atoms with E-state index < -0.39 is 17.8 Å². The van der Waals surface area contributed by atoms with Gasteiger partial charge in [0.15, 0.2) is 28.7 Å². The van der Waals surface area contributed by atoms with Gasteiger partial charge in [0.05, 0.1) is 32.5 Å². The molecule has 0 bridgehead atoms. The maximum Gasteiger partial charge on any atom is 0.415 e. The van der Waals surface area contributed by atoms with Crippen LogP contribution in [0.15, 0.2) is 22.6 Å². The van der Waals surface area contributed by atoms with Gasteiger partial charge in [-0.3, -0.25) is 4.79 Å². The Balaban J connectivity index is 1.46. The van der Waals surface area contributed by atoms with E-state index in [4.69, 9.17) is 39.7 Å². The Morgan fingerprint density at radius 1 is 1.00 bits per heavy atom. The maximum absolute atomic E-state index is 14.2. The number of aromatic amines is 1. The van der Waals surface area contributed by atoms with Crippen molar-refractivity contribution in [1.29, 1.82) is 0 Å². The Kier molecular flexibility index (Phi) is 9.58. The zero-order valence-corrected chi connectivity index (χ0v) is 29.2. The minimum absolute atomic E-state index is 0.0857. The normalized spacial score (nSPS) is 14.2. The molecule has 3 heterocycles. The summed E-state index contributed by atoms with van der Waals surface area (Å²) in [6, 6.07) is 5.06.